The molecule has 5 rings (SSSR count). The van der Waals surface area contributed by atoms with Crippen LogP contribution in [-0.4, -0.2) is 64.5 Å². The lowest BCUT2D eigenvalue weighted by Gasteiger charge is -2.34. The van der Waals surface area contributed by atoms with Gasteiger partial charge in [0.1, 0.15) is 0 Å². The lowest BCUT2D eigenvalue weighted by Crippen LogP contribution is -2.52. The predicted molar refractivity (Wildman–Crippen MR) is 136 cm³/mol. The Hall–Kier alpha value is -4.72. The molecule has 1 saturated heterocycles. The second-order valence-corrected chi connectivity index (χ2v) is 8.53. The van der Waals surface area contributed by atoms with Crippen LogP contribution in [-0.2, 0) is 4.79 Å². The van der Waals surface area contributed by atoms with Crippen molar-refractivity contribution in [1.29, 1.82) is 0 Å². The van der Waals surface area contributed by atoms with Crippen LogP contribution in [0.1, 0.15) is 31.1 Å². The van der Waals surface area contributed by atoms with Gasteiger partial charge in [-0.1, -0.05) is 48.5 Å². The van der Waals surface area contributed by atoms with Gasteiger partial charge in [-0.2, -0.15) is 0 Å². The highest BCUT2D eigenvalue weighted by Gasteiger charge is 2.30. The van der Waals surface area contributed by atoms with E-state index in [0.717, 1.165) is 0 Å². The van der Waals surface area contributed by atoms with Crippen molar-refractivity contribution in [2.45, 2.75) is 0 Å². The minimum Gasteiger partial charge on any atom is -0.359 e. The molecule has 0 radical (unpaired) electrons. The van der Waals surface area contributed by atoms with E-state index in [9.17, 15) is 19.2 Å². The zero-order valence-corrected chi connectivity index (χ0v) is 19.4. The molecule has 8 nitrogen and oxygen atoms in total. The van der Waals surface area contributed by atoms with Crippen molar-refractivity contribution in [3.63, 3.8) is 0 Å². The van der Waals surface area contributed by atoms with Crippen molar-refractivity contribution in [3.8, 4) is 0 Å². The van der Waals surface area contributed by atoms with E-state index in [1.54, 1.807) is 59.5 Å². The molecular weight excluding hydrogens is 456 g/mol. The maximum Gasteiger partial charge on any atom is 0.295 e. The topological polar surface area (TPSA) is 103 Å². The fourth-order valence-corrected chi connectivity index (χ4v) is 4.37. The summed E-state index contributed by atoms with van der Waals surface area (Å²) >= 11 is 0. The van der Waals surface area contributed by atoms with Gasteiger partial charge in [-0.15, -0.1) is 0 Å². The number of anilines is 1. The number of para-hydroxylation sites is 1. The lowest BCUT2D eigenvalue weighted by molar-refractivity contribution is -0.127. The SMILES string of the molecule is O=C(Nc1cccc2c(C(=O)C(=O)N3CCN(C(=O)c4ccccc4)CC3)c[nH]c12)c1ccccc1. The molecule has 8 heteroatoms. The van der Waals surface area contributed by atoms with E-state index in [2.05, 4.69) is 10.3 Å². The maximum absolute atomic E-state index is 13.1. The zero-order valence-electron chi connectivity index (χ0n) is 19.4. The Kier molecular flexibility index (Phi) is 6.32. The van der Waals surface area contributed by atoms with Gasteiger partial charge in [-0.05, 0) is 30.3 Å². The van der Waals surface area contributed by atoms with Gasteiger partial charge < -0.3 is 20.1 Å². The Balaban J connectivity index is 1.28. The molecule has 2 heterocycles. The number of nitrogens with zero attached hydrogens (tertiary/aromatic N) is 2. The molecule has 36 heavy (non-hydrogen) atoms. The summed E-state index contributed by atoms with van der Waals surface area (Å²) in [7, 11) is 0. The molecule has 1 aliphatic heterocycles. The molecule has 1 aromatic heterocycles. The van der Waals surface area contributed by atoms with Crippen LogP contribution in [0.15, 0.2) is 85.1 Å². The van der Waals surface area contributed by atoms with Gasteiger partial charge in [0.25, 0.3) is 23.5 Å². The largest absolute Gasteiger partial charge is 0.359 e. The van der Waals surface area contributed by atoms with E-state index in [0.29, 0.717) is 40.8 Å². The summed E-state index contributed by atoms with van der Waals surface area (Å²) in [5.41, 5.74) is 2.44. The second kappa shape index (κ2) is 9.87. The minimum absolute atomic E-state index is 0.0873. The fourth-order valence-electron chi connectivity index (χ4n) is 4.37. The summed E-state index contributed by atoms with van der Waals surface area (Å²) in [5, 5.41) is 3.41. The third-order valence-electron chi connectivity index (χ3n) is 6.31. The van der Waals surface area contributed by atoms with Gasteiger partial charge >= 0.3 is 0 Å². The number of fused-ring (bicyclic) bond motifs is 1. The summed E-state index contributed by atoms with van der Waals surface area (Å²) in [5.74, 6) is -1.60. The number of benzene rings is 3. The molecule has 3 aromatic carbocycles. The summed E-state index contributed by atoms with van der Waals surface area (Å²) < 4.78 is 0. The van der Waals surface area contributed by atoms with Crippen molar-refractivity contribution in [1.82, 2.24) is 14.8 Å². The first kappa shape index (κ1) is 23.0. The maximum atomic E-state index is 13.1. The van der Waals surface area contributed by atoms with Crippen LogP contribution in [0.2, 0.25) is 0 Å². The molecule has 0 unspecified atom stereocenters. The van der Waals surface area contributed by atoms with Crippen LogP contribution < -0.4 is 5.32 Å². The van der Waals surface area contributed by atoms with E-state index in [-0.39, 0.29) is 30.5 Å². The van der Waals surface area contributed by atoms with E-state index in [4.69, 9.17) is 0 Å². The second-order valence-electron chi connectivity index (χ2n) is 8.53. The molecule has 0 saturated carbocycles. The molecule has 3 amide bonds. The highest BCUT2D eigenvalue weighted by Crippen LogP contribution is 2.27. The number of carbonyl (C=O) groups is 4. The molecule has 180 valence electrons. The van der Waals surface area contributed by atoms with Crippen molar-refractivity contribution >= 4 is 40.1 Å². The number of hydrogen-bond acceptors (Lipinski definition) is 4. The van der Waals surface area contributed by atoms with E-state index < -0.39 is 11.7 Å². The van der Waals surface area contributed by atoms with Crippen LogP contribution in [0.25, 0.3) is 10.9 Å². The molecule has 2 N–H and O–H groups in total. The Labute approximate surface area is 207 Å². The van der Waals surface area contributed by atoms with Gasteiger partial charge in [0.05, 0.1) is 16.8 Å². The predicted octanol–water partition coefficient (Wildman–Crippen LogP) is 3.59. The lowest BCUT2D eigenvalue weighted by atomic mass is 10.1. The highest BCUT2D eigenvalue weighted by molar-refractivity contribution is 6.45. The van der Waals surface area contributed by atoms with Gasteiger partial charge in [0, 0.05) is 48.9 Å². The van der Waals surface area contributed by atoms with Gasteiger partial charge in [-0.3, -0.25) is 19.2 Å². The summed E-state index contributed by atoms with van der Waals surface area (Å²) in [6.45, 7) is 1.28. The molecule has 0 bridgehead atoms. The third kappa shape index (κ3) is 4.48. The Bertz CT molecular complexity index is 1440. The van der Waals surface area contributed by atoms with Gasteiger partial charge in [0.15, 0.2) is 0 Å². The van der Waals surface area contributed by atoms with Crippen LogP contribution in [0.5, 0.6) is 0 Å². The van der Waals surface area contributed by atoms with Crippen molar-refractivity contribution < 1.29 is 19.2 Å². The van der Waals surface area contributed by atoms with Gasteiger partial charge in [0.2, 0.25) is 0 Å². The standard InChI is InChI=1S/C28H24N4O4/c33-25(28(36)32-16-14-31(15-17-32)27(35)20-10-5-2-6-11-20)22-18-29-24-21(22)12-7-13-23(24)30-26(34)19-8-3-1-4-9-19/h1-13,18,29H,14-17H2,(H,30,34). The van der Waals surface area contributed by atoms with Crippen molar-refractivity contribution in [2.24, 2.45) is 0 Å². The van der Waals surface area contributed by atoms with E-state index >= 15 is 0 Å². The summed E-state index contributed by atoms with van der Waals surface area (Å²) in [4.78, 5) is 57.6. The average molecular weight is 481 g/mol. The van der Waals surface area contributed by atoms with Crippen LogP contribution in [0.4, 0.5) is 5.69 Å². The number of piperazine rings is 1. The van der Waals surface area contributed by atoms with Crippen LogP contribution >= 0.6 is 0 Å². The summed E-state index contributed by atoms with van der Waals surface area (Å²) in [6, 6.07) is 23.0. The smallest absolute Gasteiger partial charge is 0.295 e. The number of aromatic amines is 1. The molecule has 0 spiro atoms. The monoisotopic (exact) mass is 480 g/mol. The first-order valence-electron chi connectivity index (χ1n) is 11.7. The number of amides is 3. The van der Waals surface area contributed by atoms with Gasteiger partial charge in [-0.25, -0.2) is 0 Å². The number of nitrogens with one attached hydrogen (secondary N) is 2. The molecule has 4 aromatic rings. The van der Waals surface area contributed by atoms with Crippen molar-refractivity contribution in [2.75, 3.05) is 31.5 Å². The first-order chi connectivity index (χ1) is 17.5. The quantitative estimate of drug-likeness (QED) is 0.337. The average Bonchev–Trinajstić information content (AvgIpc) is 3.38. The van der Waals surface area contributed by atoms with Crippen LogP contribution in [0, 0.1) is 0 Å². The Morgan fingerprint density at radius 2 is 1.31 bits per heavy atom. The number of ketones is 1. The number of Topliss-reactive ketones (excluding diaryl/α,β-unsaturated/α-hetero) is 1. The highest BCUT2D eigenvalue weighted by atomic mass is 16.2. The molecular formula is C28H24N4O4. The van der Waals surface area contributed by atoms with E-state index in [1.807, 2.05) is 24.3 Å². The van der Waals surface area contributed by atoms with Crippen LogP contribution in [0.3, 0.4) is 0 Å². The number of hydrogen-bond donors (Lipinski definition) is 2. The molecule has 0 atom stereocenters. The third-order valence-corrected chi connectivity index (χ3v) is 6.31. The Morgan fingerprint density at radius 3 is 1.97 bits per heavy atom. The minimum atomic E-state index is -0.629. The zero-order chi connectivity index (χ0) is 25.1. The summed E-state index contributed by atoms with van der Waals surface area (Å²) in [6.07, 6.45) is 1.50. The fraction of sp³-hybridized carbons (Fsp3) is 0.143. The first-order valence-corrected chi connectivity index (χ1v) is 11.7. The normalized spacial score (nSPS) is 13.4. The Morgan fingerprint density at radius 1 is 0.694 bits per heavy atom. The number of carbonyl (C=O) groups excluding carboxylic acids is 4. The number of rotatable bonds is 5. The number of H-pyrrole nitrogens is 1. The molecule has 1 fully saturated rings. The number of aromatic nitrogens is 1. The molecule has 0 aliphatic carbocycles. The van der Waals surface area contributed by atoms with Crippen molar-refractivity contribution in [3.05, 3.63) is 102 Å². The molecule has 1 aliphatic rings. The van der Waals surface area contributed by atoms with E-state index in [1.165, 1.54) is 11.1 Å².